The van der Waals surface area contributed by atoms with Gasteiger partial charge in [0.05, 0.1) is 12.8 Å². The van der Waals surface area contributed by atoms with Gasteiger partial charge in [-0.1, -0.05) is 0 Å². The first-order valence-corrected chi connectivity index (χ1v) is 7.44. The Morgan fingerprint density at radius 1 is 1.45 bits per heavy atom. The maximum Gasteiger partial charge on any atom is 0.276 e. The van der Waals surface area contributed by atoms with Gasteiger partial charge in [0.15, 0.2) is 0 Å². The molecule has 7 nitrogen and oxygen atoms in total. The molecule has 0 radical (unpaired) electrons. The van der Waals surface area contributed by atoms with E-state index in [1.54, 1.807) is 4.90 Å². The molecule has 1 aromatic rings. The molecule has 114 valence electrons. The van der Waals surface area contributed by atoms with Crippen LogP contribution in [0.1, 0.15) is 0 Å². The fraction of sp³-hybridized carbons (Fsp3) is 0.545. The zero-order chi connectivity index (χ0) is 13.9. The molecular formula is C11H18ClN3O4S. The molecule has 0 saturated carbocycles. The van der Waals surface area contributed by atoms with Crippen molar-refractivity contribution in [2.45, 2.75) is 5.09 Å². The summed E-state index contributed by atoms with van der Waals surface area (Å²) in [5, 5.41) is 2.98. The Labute approximate surface area is 124 Å². The Bertz CT molecular complexity index is 526. The molecule has 1 amide bonds. The van der Waals surface area contributed by atoms with E-state index in [1.807, 2.05) is 0 Å². The van der Waals surface area contributed by atoms with Gasteiger partial charge in [0.25, 0.3) is 10.0 Å². The second-order valence-corrected chi connectivity index (χ2v) is 6.30. The average Bonchev–Trinajstić information content (AvgIpc) is 2.94. The molecule has 0 atom stereocenters. The van der Waals surface area contributed by atoms with Crippen molar-refractivity contribution >= 4 is 28.3 Å². The van der Waals surface area contributed by atoms with Crippen molar-refractivity contribution in [3.05, 3.63) is 18.4 Å². The van der Waals surface area contributed by atoms with Crippen LogP contribution in [0.15, 0.2) is 27.9 Å². The minimum absolute atomic E-state index is 0. The molecule has 1 aliphatic rings. The maximum absolute atomic E-state index is 12.1. The maximum atomic E-state index is 12.1. The average molecular weight is 324 g/mol. The Morgan fingerprint density at radius 3 is 2.65 bits per heavy atom. The zero-order valence-corrected chi connectivity index (χ0v) is 12.7. The number of halogens is 1. The summed E-state index contributed by atoms with van der Waals surface area (Å²) in [5.41, 5.74) is 0. The van der Waals surface area contributed by atoms with Gasteiger partial charge in [-0.05, 0) is 12.1 Å². The first-order valence-electron chi connectivity index (χ1n) is 6.00. The summed E-state index contributed by atoms with van der Waals surface area (Å²) >= 11 is 0. The highest BCUT2D eigenvalue weighted by Gasteiger charge is 2.27. The number of carbonyl (C=O) groups is 1. The predicted octanol–water partition coefficient (Wildman–Crippen LogP) is -0.246. The molecule has 0 spiro atoms. The quantitative estimate of drug-likeness (QED) is 0.826. The van der Waals surface area contributed by atoms with E-state index in [9.17, 15) is 13.2 Å². The topological polar surface area (TPSA) is 82.9 Å². The van der Waals surface area contributed by atoms with Crippen LogP contribution >= 0.6 is 12.4 Å². The summed E-state index contributed by atoms with van der Waals surface area (Å²) in [6.45, 7) is 2.50. The monoisotopic (exact) mass is 323 g/mol. The number of sulfonamides is 1. The zero-order valence-electron chi connectivity index (χ0n) is 11.1. The molecular weight excluding hydrogens is 306 g/mol. The second-order valence-electron chi connectivity index (χ2n) is 4.32. The summed E-state index contributed by atoms with van der Waals surface area (Å²) in [6.07, 6.45) is 1.29. The van der Waals surface area contributed by atoms with Crippen LogP contribution in [0, 0.1) is 0 Å². The molecule has 2 rings (SSSR count). The van der Waals surface area contributed by atoms with E-state index in [4.69, 9.17) is 4.42 Å². The molecule has 1 aromatic heterocycles. The van der Waals surface area contributed by atoms with E-state index in [0.717, 1.165) is 17.4 Å². The first kappa shape index (κ1) is 17.0. The fourth-order valence-corrected chi connectivity index (χ4v) is 2.87. The van der Waals surface area contributed by atoms with Crippen LogP contribution in [-0.2, 0) is 14.8 Å². The van der Waals surface area contributed by atoms with Gasteiger partial charge >= 0.3 is 0 Å². The third-order valence-electron chi connectivity index (χ3n) is 2.99. The molecule has 1 N–H and O–H groups in total. The van der Waals surface area contributed by atoms with Crippen LogP contribution in [0.3, 0.4) is 0 Å². The smallest absolute Gasteiger partial charge is 0.276 e. The fourth-order valence-electron chi connectivity index (χ4n) is 1.85. The molecule has 0 aromatic carbocycles. The number of nitrogens with zero attached hydrogens (tertiary/aromatic N) is 2. The Morgan fingerprint density at radius 2 is 2.10 bits per heavy atom. The van der Waals surface area contributed by atoms with Crippen molar-refractivity contribution in [3.8, 4) is 0 Å². The predicted molar refractivity (Wildman–Crippen MR) is 75.2 cm³/mol. The lowest BCUT2D eigenvalue weighted by Gasteiger charge is -2.28. The number of carbonyl (C=O) groups excluding carboxylic acids is 1. The first-order chi connectivity index (χ1) is 9.01. The van der Waals surface area contributed by atoms with E-state index in [-0.39, 0.29) is 30.0 Å². The lowest BCUT2D eigenvalue weighted by atomic mass is 10.3. The second kappa shape index (κ2) is 7.07. The van der Waals surface area contributed by atoms with Gasteiger partial charge in [-0.2, -0.15) is 4.31 Å². The van der Waals surface area contributed by atoms with E-state index >= 15 is 0 Å². The third kappa shape index (κ3) is 3.72. The highest BCUT2D eigenvalue weighted by molar-refractivity contribution is 7.89. The van der Waals surface area contributed by atoms with Gasteiger partial charge in [-0.25, -0.2) is 8.42 Å². The van der Waals surface area contributed by atoms with Crippen LogP contribution in [0.5, 0.6) is 0 Å². The lowest BCUT2D eigenvalue weighted by Crippen LogP contribution is -2.49. The number of amides is 1. The summed E-state index contributed by atoms with van der Waals surface area (Å²) in [5.74, 6) is -0.195. The van der Waals surface area contributed by atoms with Gasteiger partial charge in [0.1, 0.15) is 0 Å². The number of hydrogen-bond acceptors (Lipinski definition) is 5. The minimum Gasteiger partial charge on any atom is -0.452 e. The van der Waals surface area contributed by atoms with Crippen molar-refractivity contribution in [1.82, 2.24) is 14.5 Å². The number of furan rings is 1. The van der Waals surface area contributed by atoms with Crippen molar-refractivity contribution < 1.29 is 17.6 Å². The number of nitrogens with one attached hydrogen (secondary N) is 1. The Hall–Kier alpha value is -1.09. The van der Waals surface area contributed by atoms with Crippen molar-refractivity contribution in [2.24, 2.45) is 0 Å². The van der Waals surface area contributed by atoms with Gasteiger partial charge in [0, 0.05) is 33.2 Å². The Balaban J connectivity index is 0.00000200. The van der Waals surface area contributed by atoms with Crippen molar-refractivity contribution in [3.63, 3.8) is 0 Å². The van der Waals surface area contributed by atoms with E-state index in [0.29, 0.717) is 13.1 Å². The SMILES string of the molecule is CN(CC(=O)N1CCNCC1)S(=O)(=O)c1ccco1.Cl. The molecule has 2 heterocycles. The molecule has 9 heteroatoms. The molecule has 20 heavy (non-hydrogen) atoms. The van der Waals surface area contributed by atoms with Gasteiger partial charge < -0.3 is 14.6 Å². The summed E-state index contributed by atoms with van der Waals surface area (Å²) in [6, 6.07) is 2.86. The molecule has 1 saturated heterocycles. The number of rotatable bonds is 4. The van der Waals surface area contributed by atoms with Crippen LogP contribution < -0.4 is 5.32 Å². The van der Waals surface area contributed by atoms with E-state index in [1.165, 1.54) is 25.4 Å². The lowest BCUT2D eigenvalue weighted by molar-refractivity contribution is -0.131. The Kier molecular flexibility index (Phi) is 6.00. The van der Waals surface area contributed by atoms with Crippen molar-refractivity contribution in [1.29, 1.82) is 0 Å². The molecule has 0 bridgehead atoms. The van der Waals surface area contributed by atoms with Gasteiger partial charge in [-0.15, -0.1) is 12.4 Å². The number of piperazine rings is 1. The highest BCUT2D eigenvalue weighted by atomic mass is 35.5. The standard InChI is InChI=1S/C11H17N3O4S.ClH/c1-13(19(16,17)11-3-2-8-18-11)9-10(15)14-6-4-12-5-7-14;/h2-3,8,12H,4-7,9H2,1H3;1H. The van der Waals surface area contributed by atoms with Crippen LogP contribution in [0.4, 0.5) is 0 Å². The van der Waals surface area contributed by atoms with Crippen LogP contribution in [0.2, 0.25) is 0 Å². The number of hydrogen-bond donors (Lipinski definition) is 1. The molecule has 0 aliphatic carbocycles. The van der Waals surface area contributed by atoms with Crippen molar-refractivity contribution in [2.75, 3.05) is 39.8 Å². The van der Waals surface area contributed by atoms with Gasteiger partial charge in [0.2, 0.25) is 11.0 Å². The van der Waals surface area contributed by atoms with E-state index in [2.05, 4.69) is 5.32 Å². The van der Waals surface area contributed by atoms with Gasteiger partial charge in [-0.3, -0.25) is 4.79 Å². The van der Waals surface area contributed by atoms with Crippen LogP contribution in [-0.4, -0.2) is 63.3 Å². The number of likely N-dealkylation sites (N-methyl/N-ethyl adjacent to an activating group) is 1. The third-order valence-corrected chi connectivity index (χ3v) is 4.68. The summed E-state index contributed by atoms with van der Waals surface area (Å²) in [4.78, 5) is 13.6. The molecule has 1 fully saturated rings. The largest absolute Gasteiger partial charge is 0.452 e. The highest BCUT2D eigenvalue weighted by Crippen LogP contribution is 2.14. The normalized spacial score (nSPS) is 16.0. The van der Waals surface area contributed by atoms with E-state index < -0.39 is 10.0 Å². The van der Waals surface area contributed by atoms with Crippen LogP contribution in [0.25, 0.3) is 0 Å². The molecule has 0 unspecified atom stereocenters. The summed E-state index contributed by atoms with van der Waals surface area (Å²) in [7, 11) is -2.35. The summed E-state index contributed by atoms with van der Waals surface area (Å²) < 4.78 is 30.0. The minimum atomic E-state index is -3.73. The molecule has 1 aliphatic heterocycles.